The van der Waals surface area contributed by atoms with Crippen molar-refractivity contribution >= 4 is 17.7 Å². The minimum absolute atomic E-state index is 0.161. The lowest BCUT2D eigenvalue weighted by Gasteiger charge is -2.14. The van der Waals surface area contributed by atoms with Crippen molar-refractivity contribution in [3.8, 4) is 11.4 Å². The minimum atomic E-state index is -0.161. The first-order valence-electron chi connectivity index (χ1n) is 9.61. The fourth-order valence-electron chi connectivity index (χ4n) is 2.93. The highest BCUT2D eigenvalue weighted by molar-refractivity contribution is 7.99. The number of thioether (sulfide) groups is 1. The highest BCUT2D eigenvalue weighted by Gasteiger charge is 2.17. The molecular weight excluding hydrogens is 384 g/mol. The molecule has 152 valence electrons. The van der Waals surface area contributed by atoms with E-state index in [0.717, 1.165) is 23.0 Å². The van der Waals surface area contributed by atoms with Crippen molar-refractivity contribution in [2.45, 2.75) is 38.9 Å². The van der Waals surface area contributed by atoms with Crippen LogP contribution in [0.15, 0.2) is 47.6 Å². The number of aryl methyl sites for hydroxylation is 1. The van der Waals surface area contributed by atoms with E-state index in [4.69, 9.17) is 4.74 Å². The van der Waals surface area contributed by atoms with Crippen LogP contribution in [-0.2, 0) is 6.54 Å². The zero-order chi connectivity index (χ0) is 20.8. The van der Waals surface area contributed by atoms with Crippen LogP contribution in [0.1, 0.15) is 40.7 Å². The topological polar surface area (TPSA) is 69.0 Å². The highest BCUT2D eigenvalue weighted by Crippen LogP contribution is 2.26. The molecule has 0 aliphatic carbocycles. The van der Waals surface area contributed by atoms with Gasteiger partial charge < -0.3 is 10.1 Å². The second kappa shape index (κ2) is 9.60. The van der Waals surface area contributed by atoms with E-state index in [1.807, 2.05) is 6.07 Å². The smallest absolute Gasteiger partial charge is 0.251 e. The van der Waals surface area contributed by atoms with Gasteiger partial charge in [-0.15, -0.1) is 10.2 Å². The molecule has 0 saturated heterocycles. The number of carbonyl (C=O) groups is 1. The zero-order valence-corrected chi connectivity index (χ0v) is 18.0. The summed E-state index contributed by atoms with van der Waals surface area (Å²) in [5.74, 6) is 2.22. The molecule has 0 aliphatic heterocycles. The summed E-state index contributed by atoms with van der Waals surface area (Å²) in [7, 11) is 1.60. The van der Waals surface area contributed by atoms with E-state index in [-0.39, 0.29) is 12.5 Å². The normalized spacial score (nSPS) is 10.8. The fourth-order valence-corrected chi connectivity index (χ4v) is 3.74. The molecule has 1 N–H and O–H groups in total. The molecule has 0 bridgehead atoms. The molecule has 0 fully saturated rings. The molecule has 0 spiro atoms. The van der Waals surface area contributed by atoms with Crippen molar-refractivity contribution < 1.29 is 9.53 Å². The van der Waals surface area contributed by atoms with Crippen LogP contribution in [0.25, 0.3) is 5.69 Å². The summed E-state index contributed by atoms with van der Waals surface area (Å²) in [6, 6.07) is 13.2. The number of hydrogen-bond acceptors (Lipinski definition) is 5. The summed E-state index contributed by atoms with van der Waals surface area (Å²) in [6.07, 6.45) is 1.05. The van der Waals surface area contributed by atoms with Crippen LogP contribution < -0.4 is 10.1 Å². The molecule has 6 nitrogen and oxygen atoms in total. The van der Waals surface area contributed by atoms with Crippen LogP contribution in [0.3, 0.4) is 0 Å². The molecule has 0 aliphatic rings. The lowest BCUT2D eigenvalue weighted by molar-refractivity contribution is 0.0949. The second-order valence-corrected chi connectivity index (χ2v) is 7.77. The average Bonchev–Trinajstić information content (AvgIpc) is 3.15. The maximum Gasteiger partial charge on any atom is 0.251 e. The monoisotopic (exact) mass is 410 g/mol. The van der Waals surface area contributed by atoms with Crippen molar-refractivity contribution in [2.75, 3.05) is 12.9 Å². The summed E-state index contributed by atoms with van der Waals surface area (Å²) >= 11 is 1.67. The van der Waals surface area contributed by atoms with E-state index in [0.29, 0.717) is 17.1 Å². The van der Waals surface area contributed by atoms with E-state index in [1.165, 1.54) is 11.1 Å². The second-order valence-electron chi connectivity index (χ2n) is 6.71. The Morgan fingerprint density at radius 1 is 1.14 bits per heavy atom. The molecule has 0 saturated carbocycles. The fraction of sp³-hybridized carbons (Fsp3) is 0.318. The van der Waals surface area contributed by atoms with Crippen molar-refractivity contribution in [3.05, 3.63) is 65.0 Å². The Balaban J connectivity index is 1.85. The molecule has 29 heavy (non-hydrogen) atoms. The number of nitrogens with zero attached hydrogens (tertiary/aromatic N) is 3. The molecule has 3 rings (SSSR count). The lowest BCUT2D eigenvalue weighted by atomic mass is 10.1. The number of benzene rings is 2. The number of ether oxygens (including phenoxy) is 1. The minimum Gasteiger partial charge on any atom is -0.497 e. The summed E-state index contributed by atoms with van der Waals surface area (Å²) in [4.78, 5) is 12.6. The number of hydrogen-bond donors (Lipinski definition) is 1. The first-order chi connectivity index (χ1) is 14.0. The van der Waals surface area contributed by atoms with Crippen LogP contribution in [0.5, 0.6) is 5.75 Å². The Labute approximate surface area is 175 Å². The van der Waals surface area contributed by atoms with Gasteiger partial charge in [0.15, 0.2) is 11.0 Å². The molecular formula is C22H26N4O2S. The first kappa shape index (κ1) is 20.9. The molecule has 0 unspecified atom stereocenters. The SMILES string of the molecule is CCCSc1nnc(CNC(=O)c2ccc(OC)cc2)n1-c1cccc(C)c1C. The largest absolute Gasteiger partial charge is 0.497 e. The molecule has 0 atom stereocenters. The van der Waals surface area contributed by atoms with E-state index >= 15 is 0 Å². The van der Waals surface area contributed by atoms with Gasteiger partial charge in [-0.05, 0) is 61.7 Å². The molecule has 7 heteroatoms. The van der Waals surface area contributed by atoms with Gasteiger partial charge in [-0.25, -0.2) is 0 Å². The predicted molar refractivity (Wildman–Crippen MR) is 116 cm³/mol. The Bertz CT molecular complexity index is 983. The van der Waals surface area contributed by atoms with Crippen LogP contribution in [-0.4, -0.2) is 33.5 Å². The number of aromatic nitrogens is 3. The van der Waals surface area contributed by atoms with Crippen LogP contribution in [0.2, 0.25) is 0 Å². The summed E-state index contributed by atoms with van der Waals surface area (Å²) < 4.78 is 7.20. The van der Waals surface area contributed by atoms with E-state index < -0.39 is 0 Å². The number of carbonyl (C=O) groups excluding carboxylic acids is 1. The van der Waals surface area contributed by atoms with Crippen LogP contribution in [0, 0.1) is 13.8 Å². The summed E-state index contributed by atoms with van der Waals surface area (Å²) in [6.45, 7) is 6.62. The molecule has 2 aromatic carbocycles. The first-order valence-corrected chi connectivity index (χ1v) is 10.6. The van der Waals surface area contributed by atoms with Gasteiger partial charge >= 0.3 is 0 Å². The molecule has 3 aromatic rings. The molecule has 0 radical (unpaired) electrons. The van der Waals surface area contributed by atoms with Crippen LogP contribution in [0.4, 0.5) is 0 Å². The highest BCUT2D eigenvalue weighted by atomic mass is 32.2. The van der Waals surface area contributed by atoms with Gasteiger partial charge in [0.1, 0.15) is 5.75 Å². The van der Waals surface area contributed by atoms with Gasteiger partial charge in [-0.3, -0.25) is 9.36 Å². The Morgan fingerprint density at radius 2 is 1.90 bits per heavy atom. The van der Waals surface area contributed by atoms with Crippen molar-refractivity contribution in [1.29, 1.82) is 0 Å². The number of methoxy groups -OCH3 is 1. The lowest BCUT2D eigenvalue weighted by Crippen LogP contribution is -2.24. The standard InChI is InChI=1S/C22H26N4O2S/c1-5-13-29-22-25-24-20(26(22)19-8-6-7-15(2)16(19)3)14-23-21(27)17-9-11-18(28-4)12-10-17/h6-12H,5,13-14H2,1-4H3,(H,23,27). The third kappa shape index (κ3) is 4.79. The van der Waals surface area contributed by atoms with Gasteiger partial charge in [0.2, 0.25) is 0 Å². The van der Waals surface area contributed by atoms with Crippen molar-refractivity contribution in [3.63, 3.8) is 0 Å². The summed E-state index contributed by atoms with van der Waals surface area (Å²) in [5, 5.41) is 12.5. The van der Waals surface area contributed by atoms with E-state index in [2.05, 4.69) is 53.0 Å². The maximum atomic E-state index is 12.6. The average molecular weight is 411 g/mol. The Morgan fingerprint density at radius 3 is 2.59 bits per heavy atom. The molecule has 1 amide bonds. The zero-order valence-electron chi connectivity index (χ0n) is 17.2. The van der Waals surface area contributed by atoms with Gasteiger partial charge in [-0.2, -0.15) is 0 Å². The molecule has 1 heterocycles. The quantitative estimate of drug-likeness (QED) is 0.560. The van der Waals surface area contributed by atoms with Gasteiger partial charge in [0, 0.05) is 11.3 Å². The predicted octanol–water partition coefficient (Wildman–Crippen LogP) is 4.32. The number of amides is 1. The summed E-state index contributed by atoms with van der Waals surface area (Å²) in [5.41, 5.74) is 4.00. The Hall–Kier alpha value is -2.80. The van der Waals surface area contributed by atoms with Crippen LogP contribution >= 0.6 is 11.8 Å². The number of nitrogens with one attached hydrogen (secondary N) is 1. The number of rotatable bonds is 8. The van der Waals surface area contributed by atoms with Gasteiger partial charge in [0.25, 0.3) is 5.91 Å². The van der Waals surface area contributed by atoms with Crippen molar-refractivity contribution in [1.82, 2.24) is 20.1 Å². The Kier molecular flexibility index (Phi) is 6.93. The van der Waals surface area contributed by atoms with Crippen molar-refractivity contribution in [2.24, 2.45) is 0 Å². The molecule has 1 aromatic heterocycles. The van der Waals surface area contributed by atoms with Gasteiger partial charge in [0.05, 0.1) is 19.3 Å². The van der Waals surface area contributed by atoms with Gasteiger partial charge in [-0.1, -0.05) is 30.8 Å². The third-order valence-electron chi connectivity index (χ3n) is 4.71. The van der Waals surface area contributed by atoms with E-state index in [1.54, 1.807) is 43.1 Å². The maximum absolute atomic E-state index is 12.6. The third-order valence-corrected chi connectivity index (χ3v) is 5.85. The van der Waals surface area contributed by atoms with E-state index in [9.17, 15) is 4.79 Å².